The van der Waals surface area contributed by atoms with E-state index in [0.717, 1.165) is 25.1 Å². The number of hydrogen-bond donors (Lipinski definition) is 1. The second-order valence-corrected chi connectivity index (χ2v) is 6.26. The molecule has 0 aliphatic carbocycles. The summed E-state index contributed by atoms with van der Waals surface area (Å²) in [7, 11) is 0. The van der Waals surface area contributed by atoms with Gasteiger partial charge >= 0.3 is 0 Å². The fraction of sp³-hybridized carbons (Fsp3) is 0.588. The Bertz CT molecular complexity index is 511. The molecule has 0 radical (unpaired) electrons. The number of carbonyl (C=O) groups excluding carboxylic acids is 1. The van der Waals surface area contributed by atoms with E-state index in [9.17, 15) is 9.90 Å². The van der Waals surface area contributed by atoms with Crippen LogP contribution in [0.5, 0.6) is 5.75 Å². The third-order valence-electron chi connectivity index (χ3n) is 4.09. The van der Waals surface area contributed by atoms with Crippen LogP contribution in [0.3, 0.4) is 0 Å². The fourth-order valence-corrected chi connectivity index (χ4v) is 2.65. The van der Waals surface area contributed by atoms with Crippen LogP contribution in [0, 0.1) is 13.8 Å². The van der Waals surface area contributed by atoms with Crippen molar-refractivity contribution in [1.29, 1.82) is 0 Å². The zero-order chi connectivity index (χ0) is 15.5. The molecular weight excluding hydrogens is 266 g/mol. The molecule has 1 aliphatic heterocycles. The summed E-state index contributed by atoms with van der Waals surface area (Å²) in [4.78, 5) is 13.9. The van der Waals surface area contributed by atoms with Gasteiger partial charge in [0.25, 0.3) is 0 Å². The van der Waals surface area contributed by atoms with Crippen LogP contribution in [-0.4, -0.2) is 41.2 Å². The average molecular weight is 291 g/mol. The molecule has 1 saturated heterocycles. The topological polar surface area (TPSA) is 49.8 Å². The molecule has 0 spiro atoms. The van der Waals surface area contributed by atoms with E-state index < -0.39 is 5.60 Å². The maximum Gasteiger partial charge on any atom is 0.226 e. The van der Waals surface area contributed by atoms with Gasteiger partial charge in [0.05, 0.1) is 18.6 Å². The molecule has 1 aromatic rings. The number of β-amino-alcohol motifs (C(OH)–C–C–N with tert-alkyl or cyclic N) is 1. The Hall–Kier alpha value is -1.55. The van der Waals surface area contributed by atoms with E-state index in [4.69, 9.17) is 4.74 Å². The van der Waals surface area contributed by atoms with Crippen LogP contribution in [0.25, 0.3) is 0 Å². The maximum atomic E-state index is 12.1. The fourth-order valence-electron chi connectivity index (χ4n) is 2.65. The number of carbonyl (C=O) groups is 1. The summed E-state index contributed by atoms with van der Waals surface area (Å²) in [5.41, 5.74) is 1.67. The monoisotopic (exact) mass is 291 g/mol. The number of ether oxygens (including phenoxy) is 1. The molecular formula is C17H25NO3. The lowest BCUT2D eigenvalue weighted by Gasteiger charge is -2.36. The number of aryl methyl sites for hydroxylation is 2. The predicted octanol–water partition coefficient (Wildman–Crippen LogP) is 2.45. The first-order valence-corrected chi connectivity index (χ1v) is 7.58. The standard InChI is InChI=1S/C17H25NO3/c1-13-5-6-15(11-14(13)2)21-10-7-16(19)18-9-4-8-17(3,20)12-18/h5-6,11,20H,4,7-10,12H2,1-3H3. The van der Waals surface area contributed by atoms with E-state index in [1.54, 1.807) is 11.8 Å². The van der Waals surface area contributed by atoms with Crippen molar-refractivity contribution >= 4 is 5.91 Å². The number of amides is 1. The van der Waals surface area contributed by atoms with Gasteiger partial charge in [-0.3, -0.25) is 4.79 Å². The van der Waals surface area contributed by atoms with Crippen molar-refractivity contribution in [2.45, 2.75) is 45.6 Å². The normalized spacial score (nSPS) is 22.2. The molecule has 1 N–H and O–H groups in total. The van der Waals surface area contributed by atoms with Crippen molar-refractivity contribution in [3.05, 3.63) is 29.3 Å². The Morgan fingerprint density at radius 2 is 2.14 bits per heavy atom. The van der Waals surface area contributed by atoms with Crippen molar-refractivity contribution < 1.29 is 14.6 Å². The molecule has 1 heterocycles. The molecule has 2 rings (SSSR count). The summed E-state index contributed by atoms with van der Waals surface area (Å²) in [6.45, 7) is 7.43. The Kier molecular flexibility index (Phi) is 4.88. The van der Waals surface area contributed by atoms with E-state index in [1.807, 2.05) is 25.1 Å². The smallest absolute Gasteiger partial charge is 0.226 e. The van der Waals surface area contributed by atoms with Crippen LogP contribution >= 0.6 is 0 Å². The highest BCUT2D eigenvalue weighted by Gasteiger charge is 2.30. The van der Waals surface area contributed by atoms with Gasteiger partial charge in [-0.25, -0.2) is 0 Å². The van der Waals surface area contributed by atoms with Crippen molar-refractivity contribution in [3.63, 3.8) is 0 Å². The minimum Gasteiger partial charge on any atom is -0.493 e. The third kappa shape index (κ3) is 4.46. The van der Waals surface area contributed by atoms with Gasteiger partial charge in [0.1, 0.15) is 5.75 Å². The summed E-state index contributed by atoms with van der Waals surface area (Å²) >= 11 is 0. The molecule has 0 saturated carbocycles. The van der Waals surface area contributed by atoms with E-state index in [0.29, 0.717) is 19.6 Å². The van der Waals surface area contributed by atoms with Crippen LogP contribution in [0.4, 0.5) is 0 Å². The average Bonchev–Trinajstić information content (AvgIpc) is 2.41. The second kappa shape index (κ2) is 6.48. The molecule has 1 aliphatic rings. The number of aliphatic hydroxyl groups is 1. The van der Waals surface area contributed by atoms with Crippen molar-refractivity contribution in [3.8, 4) is 5.75 Å². The summed E-state index contributed by atoms with van der Waals surface area (Å²) < 4.78 is 5.65. The SMILES string of the molecule is Cc1ccc(OCCC(=O)N2CCCC(C)(O)C2)cc1C. The van der Waals surface area contributed by atoms with Gasteiger partial charge in [0.2, 0.25) is 5.91 Å². The van der Waals surface area contributed by atoms with Crippen molar-refractivity contribution in [1.82, 2.24) is 4.90 Å². The summed E-state index contributed by atoms with van der Waals surface area (Å²) in [6, 6.07) is 5.94. The minimum atomic E-state index is -0.747. The number of nitrogens with zero attached hydrogens (tertiary/aromatic N) is 1. The lowest BCUT2D eigenvalue weighted by atomic mass is 9.95. The minimum absolute atomic E-state index is 0.0545. The van der Waals surface area contributed by atoms with Crippen LogP contribution in [-0.2, 0) is 4.79 Å². The first kappa shape index (κ1) is 15.8. The number of rotatable bonds is 4. The number of benzene rings is 1. The highest BCUT2D eigenvalue weighted by Crippen LogP contribution is 2.21. The Balaban J connectivity index is 1.80. The number of hydrogen-bond acceptors (Lipinski definition) is 3. The Morgan fingerprint density at radius 1 is 1.38 bits per heavy atom. The molecule has 1 amide bonds. The number of piperidine rings is 1. The van der Waals surface area contributed by atoms with Crippen LogP contribution in [0.2, 0.25) is 0 Å². The zero-order valence-corrected chi connectivity index (χ0v) is 13.2. The van der Waals surface area contributed by atoms with Crippen LogP contribution in [0.1, 0.15) is 37.3 Å². The lowest BCUT2D eigenvalue weighted by molar-refractivity contribution is -0.138. The summed E-state index contributed by atoms with van der Waals surface area (Å²) in [5, 5.41) is 10.0. The van der Waals surface area contributed by atoms with Gasteiger partial charge in [0.15, 0.2) is 0 Å². The van der Waals surface area contributed by atoms with Crippen LogP contribution in [0.15, 0.2) is 18.2 Å². The molecule has 1 aromatic carbocycles. The highest BCUT2D eigenvalue weighted by atomic mass is 16.5. The van der Waals surface area contributed by atoms with Crippen molar-refractivity contribution in [2.24, 2.45) is 0 Å². The van der Waals surface area contributed by atoms with E-state index in [-0.39, 0.29) is 5.91 Å². The highest BCUT2D eigenvalue weighted by molar-refractivity contribution is 5.76. The Morgan fingerprint density at radius 3 is 2.81 bits per heavy atom. The van der Waals surface area contributed by atoms with E-state index in [2.05, 4.69) is 6.92 Å². The van der Waals surface area contributed by atoms with Gasteiger partial charge in [-0.05, 0) is 56.9 Å². The van der Waals surface area contributed by atoms with E-state index >= 15 is 0 Å². The maximum absolute atomic E-state index is 12.1. The molecule has 1 atom stereocenters. The van der Waals surface area contributed by atoms with Gasteiger partial charge in [0, 0.05) is 13.1 Å². The van der Waals surface area contributed by atoms with Crippen LogP contribution < -0.4 is 4.74 Å². The molecule has 0 aromatic heterocycles. The van der Waals surface area contributed by atoms with E-state index in [1.165, 1.54) is 11.1 Å². The molecule has 4 heteroatoms. The number of likely N-dealkylation sites (tertiary alicyclic amines) is 1. The molecule has 4 nitrogen and oxygen atoms in total. The summed E-state index contributed by atoms with van der Waals surface area (Å²) in [5.74, 6) is 0.857. The zero-order valence-electron chi connectivity index (χ0n) is 13.2. The second-order valence-electron chi connectivity index (χ2n) is 6.26. The molecule has 0 bridgehead atoms. The predicted molar refractivity (Wildman–Crippen MR) is 82.5 cm³/mol. The summed E-state index contributed by atoms with van der Waals surface area (Å²) in [6.07, 6.45) is 1.97. The van der Waals surface area contributed by atoms with Gasteiger partial charge < -0.3 is 14.7 Å². The first-order chi connectivity index (χ1) is 9.87. The van der Waals surface area contributed by atoms with Crippen molar-refractivity contribution in [2.75, 3.05) is 19.7 Å². The first-order valence-electron chi connectivity index (χ1n) is 7.58. The van der Waals surface area contributed by atoms with Gasteiger partial charge in [-0.1, -0.05) is 6.07 Å². The molecule has 21 heavy (non-hydrogen) atoms. The quantitative estimate of drug-likeness (QED) is 0.927. The molecule has 116 valence electrons. The van der Waals surface area contributed by atoms with Gasteiger partial charge in [-0.2, -0.15) is 0 Å². The Labute approximate surface area is 126 Å². The molecule has 1 unspecified atom stereocenters. The lowest BCUT2D eigenvalue weighted by Crippen LogP contribution is -2.48. The largest absolute Gasteiger partial charge is 0.493 e. The van der Waals surface area contributed by atoms with Gasteiger partial charge in [-0.15, -0.1) is 0 Å². The third-order valence-corrected chi connectivity index (χ3v) is 4.09. The molecule has 1 fully saturated rings.